The van der Waals surface area contributed by atoms with Crippen LogP contribution in [0, 0.1) is 6.92 Å². The van der Waals surface area contributed by atoms with Crippen LogP contribution in [0.25, 0.3) is 5.69 Å². The number of ether oxygens (including phenoxy) is 1. The molecule has 0 saturated heterocycles. The molecule has 1 N–H and O–H groups in total. The zero-order valence-electron chi connectivity index (χ0n) is 15.7. The average molecular weight is 408 g/mol. The van der Waals surface area contributed by atoms with Crippen molar-refractivity contribution in [2.45, 2.75) is 59.1 Å². The maximum Gasteiger partial charge on any atom is 0.408 e. The fourth-order valence-electron chi connectivity index (χ4n) is 2.60. The van der Waals surface area contributed by atoms with Gasteiger partial charge in [0, 0.05) is 28.3 Å². The van der Waals surface area contributed by atoms with Crippen molar-refractivity contribution in [1.29, 1.82) is 0 Å². The fraction of sp³-hybridized carbons (Fsp3) is 0.474. The first-order chi connectivity index (χ1) is 11.5. The van der Waals surface area contributed by atoms with Crippen LogP contribution >= 0.6 is 15.9 Å². The van der Waals surface area contributed by atoms with Gasteiger partial charge in [-0.2, -0.15) is 0 Å². The van der Waals surface area contributed by atoms with Gasteiger partial charge in [0.1, 0.15) is 5.60 Å². The Kier molecular flexibility index (Phi) is 5.62. The van der Waals surface area contributed by atoms with Gasteiger partial charge in [-0.1, -0.05) is 22.0 Å². The van der Waals surface area contributed by atoms with Crippen LogP contribution in [-0.2, 0) is 11.2 Å². The number of carbonyl (C=O) groups excluding carboxylic acids is 1. The number of nitrogens with one attached hydrogen (secondary N) is 1. The number of alkyl carbamates (subject to hydrolysis) is 1. The summed E-state index contributed by atoms with van der Waals surface area (Å²) in [6.45, 7) is 11.6. The minimum absolute atomic E-state index is 0.415. The van der Waals surface area contributed by atoms with E-state index in [1.54, 1.807) is 6.33 Å². The third kappa shape index (κ3) is 5.33. The van der Waals surface area contributed by atoms with Crippen LogP contribution in [0.15, 0.2) is 35.2 Å². The number of hydrogen-bond donors (Lipinski definition) is 1. The number of carbonyl (C=O) groups is 1. The van der Waals surface area contributed by atoms with E-state index in [0.717, 1.165) is 21.4 Å². The number of halogens is 1. The molecule has 1 aromatic heterocycles. The Bertz CT molecular complexity index is 760. The van der Waals surface area contributed by atoms with E-state index in [2.05, 4.69) is 43.8 Å². The quantitative estimate of drug-likeness (QED) is 0.792. The van der Waals surface area contributed by atoms with Gasteiger partial charge in [0.15, 0.2) is 0 Å². The molecular formula is C19H26BrN3O2. The fourth-order valence-corrected chi connectivity index (χ4v) is 2.96. The van der Waals surface area contributed by atoms with Gasteiger partial charge in [0.25, 0.3) is 0 Å². The number of nitrogens with zero attached hydrogens (tertiary/aromatic N) is 2. The maximum absolute atomic E-state index is 12.1. The largest absolute Gasteiger partial charge is 0.444 e. The van der Waals surface area contributed by atoms with Crippen molar-refractivity contribution in [2.75, 3.05) is 0 Å². The minimum Gasteiger partial charge on any atom is -0.444 e. The summed E-state index contributed by atoms with van der Waals surface area (Å²) in [4.78, 5) is 16.4. The number of rotatable bonds is 4. The Morgan fingerprint density at radius 3 is 2.60 bits per heavy atom. The second-order valence-corrected chi connectivity index (χ2v) is 8.68. The molecule has 6 heteroatoms. The molecule has 1 amide bonds. The molecule has 2 rings (SSSR count). The zero-order valence-corrected chi connectivity index (χ0v) is 17.3. The Labute approximate surface area is 157 Å². The van der Waals surface area contributed by atoms with Crippen molar-refractivity contribution < 1.29 is 9.53 Å². The Balaban J connectivity index is 2.20. The van der Waals surface area contributed by atoms with E-state index in [4.69, 9.17) is 4.74 Å². The molecule has 0 aliphatic carbocycles. The number of benzene rings is 1. The summed E-state index contributed by atoms with van der Waals surface area (Å²) < 4.78 is 8.47. The lowest BCUT2D eigenvalue weighted by molar-refractivity contribution is 0.0472. The highest BCUT2D eigenvalue weighted by Gasteiger charge is 2.26. The molecule has 0 aliphatic heterocycles. The number of imidazole rings is 1. The van der Waals surface area contributed by atoms with Crippen molar-refractivity contribution in [3.63, 3.8) is 0 Å². The summed E-state index contributed by atoms with van der Waals surface area (Å²) in [6.07, 6.45) is 3.84. The van der Waals surface area contributed by atoms with Gasteiger partial charge in [-0.15, -0.1) is 0 Å². The Morgan fingerprint density at radius 1 is 1.28 bits per heavy atom. The van der Waals surface area contributed by atoms with Gasteiger partial charge in [-0.05, 0) is 59.2 Å². The van der Waals surface area contributed by atoms with Gasteiger partial charge in [0.05, 0.1) is 12.0 Å². The van der Waals surface area contributed by atoms with Crippen LogP contribution in [0.4, 0.5) is 4.79 Å². The molecule has 2 aromatic rings. The summed E-state index contributed by atoms with van der Waals surface area (Å²) in [5.41, 5.74) is 2.23. The number of amides is 1. The van der Waals surface area contributed by atoms with E-state index in [-0.39, 0.29) is 0 Å². The van der Waals surface area contributed by atoms with Crippen molar-refractivity contribution in [3.05, 3.63) is 46.5 Å². The highest BCUT2D eigenvalue weighted by atomic mass is 79.9. The second kappa shape index (κ2) is 7.20. The first-order valence-corrected chi connectivity index (χ1v) is 9.06. The zero-order chi connectivity index (χ0) is 18.8. The Hall–Kier alpha value is -1.82. The van der Waals surface area contributed by atoms with E-state index >= 15 is 0 Å². The van der Waals surface area contributed by atoms with Crippen LogP contribution in [0.2, 0.25) is 0 Å². The highest BCUT2D eigenvalue weighted by molar-refractivity contribution is 9.10. The smallest absolute Gasteiger partial charge is 0.408 e. The Morgan fingerprint density at radius 2 is 1.96 bits per heavy atom. The summed E-state index contributed by atoms with van der Waals surface area (Å²) >= 11 is 3.57. The molecule has 1 heterocycles. The number of hydrogen-bond acceptors (Lipinski definition) is 3. The van der Waals surface area contributed by atoms with Gasteiger partial charge in [0.2, 0.25) is 0 Å². The van der Waals surface area contributed by atoms with Crippen molar-refractivity contribution >= 4 is 22.0 Å². The molecule has 25 heavy (non-hydrogen) atoms. The molecular weight excluding hydrogens is 382 g/mol. The molecule has 0 saturated carbocycles. The van der Waals surface area contributed by atoms with Crippen LogP contribution < -0.4 is 5.32 Å². The third-order valence-electron chi connectivity index (χ3n) is 3.68. The van der Waals surface area contributed by atoms with Crippen molar-refractivity contribution in [1.82, 2.24) is 14.9 Å². The van der Waals surface area contributed by atoms with Gasteiger partial charge in [-0.3, -0.25) is 0 Å². The number of aromatic nitrogens is 2. The molecule has 0 unspecified atom stereocenters. The molecule has 0 fully saturated rings. The van der Waals surface area contributed by atoms with Crippen molar-refractivity contribution in [2.24, 2.45) is 0 Å². The normalized spacial score (nSPS) is 12.1. The van der Waals surface area contributed by atoms with E-state index in [1.165, 1.54) is 0 Å². The maximum atomic E-state index is 12.1. The van der Waals surface area contributed by atoms with Gasteiger partial charge >= 0.3 is 6.09 Å². The summed E-state index contributed by atoms with van der Waals surface area (Å²) in [7, 11) is 0. The van der Waals surface area contributed by atoms with Crippen LogP contribution in [0.1, 0.15) is 45.9 Å². The van der Waals surface area contributed by atoms with E-state index in [1.807, 2.05) is 52.9 Å². The van der Waals surface area contributed by atoms with Gasteiger partial charge in [-0.25, -0.2) is 9.78 Å². The summed E-state index contributed by atoms with van der Waals surface area (Å²) in [5, 5.41) is 2.94. The molecule has 0 bridgehead atoms. The first-order valence-electron chi connectivity index (χ1n) is 8.26. The van der Waals surface area contributed by atoms with Gasteiger partial charge < -0.3 is 14.6 Å². The molecule has 5 nitrogen and oxygen atoms in total. The topological polar surface area (TPSA) is 56.2 Å². The SMILES string of the molecule is Cc1c(Br)cccc1-n1cncc1CC(C)(C)NC(=O)OC(C)(C)C. The van der Waals surface area contributed by atoms with E-state index in [0.29, 0.717) is 6.42 Å². The third-order valence-corrected chi connectivity index (χ3v) is 4.54. The lowest BCUT2D eigenvalue weighted by atomic mass is 9.98. The first kappa shape index (κ1) is 19.5. The van der Waals surface area contributed by atoms with E-state index < -0.39 is 17.2 Å². The average Bonchev–Trinajstić information content (AvgIpc) is 2.86. The minimum atomic E-state index is -0.518. The summed E-state index contributed by atoms with van der Waals surface area (Å²) in [6, 6.07) is 6.07. The molecule has 0 aliphatic rings. The monoisotopic (exact) mass is 407 g/mol. The predicted molar refractivity (Wildman–Crippen MR) is 103 cm³/mol. The lowest BCUT2D eigenvalue weighted by Gasteiger charge is -2.29. The van der Waals surface area contributed by atoms with Crippen LogP contribution in [-0.4, -0.2) is 26.8 Å². The van der Waals surface area contributed by atoms with Crippen molar-refractivity contribution in [3.8, 4) is 5.69 Å². The lowest BCUT2D eigenvalue weighted by Crippen LogP contribution is -2.47. The van der Waals surface area contributed by atoms with Crippen LogP contribution in [0.5, 0.6) is 0 Å². The molecule has 0 radical (unpaired) electrons. The molecule has 0 spiro atoms. The molecule has 136 valence electrons. The molecule has 0 atom stereocenters. The van der Waals surface area contributed by atoms with Crippen LogP contribution in [0.3, 0.4) is 0 Å². The predicted octanol–water partition coefficient (Wildman–Crippen LogP) is 4.79. The van der Waals surface area contributed by atoms with E-state index in [9.17, 15) is 4.79 Å². The second-order valence-electron chi connectivity index (χ2n) is 7.83. The molecule has 1 aromatic carbocycles. The standard InChI is InChI=1S/C19H26BrN3O2/c1-13-15(20)8-7-9-16(13)23-12-21-11-14(23)10-19(5,6)22-17(24)25-18(2,3)4/h7-9,11-12H,10H2,1-6H3,(H,22,24). The highest BCUT2D eigenvalue weighted by Crippen LogP contribution is 2.25. The summed E-state index contributed by atoms with van der Waals surface area (Å²) in [5.74, 6) is 0.